The van der Waals surface area contributed by atoms with Crippen molar-refractivity contribution in [2.75, 3.05) is 13.1 Å². The van der Waals surface area contributed by atoms with Gasteiger partial charge in [0.05, 0.1) is 4.90 Å². The third-order valence-electron chi connectivity index (χ3n) is 4.79. The van der Waals surface area contributed by atoms with Gasteiger partial charge in [-0.3, -0.25) is 4.79 Å². The summed E-state index contributed by atoms with van der Waals surface area (Å²) >= 11 is 0. The molecule has 1 aliphatic rings. The number of aryl methyl sites for hydroxylation is 1. The van der Waals surface area contributed by atoms with E-state index in [0.29, 0.717) is 18.7 Å². The Hall–Kier alpha value is -2.22. The quantitative estimate of drug-likeness (QED) is 0.678. The van der Waals surface area contributed by atoms with Crippen LogP contribution in [0.5, 0.6) is 0 Å². The molecule has 1 amide bonds. The molecule has 0 aromatic heterocycles. The molecule has 3 rings (SSSR count). The lowest BCUT2D eigenvalue weighted by Crippen LogP contribution is -2.37. The lowest BCUT2D eigenvalue weighted by Gasteiger charge is -2.13. The predicted octanol–water partition coefficient (Wildman–Crippen LogP) is 1.96. The molecule has 144 valence electrons. The molecule has 27 heavy (non-hydrogen) atoms. The Bertz CT molecular complexity index is 906. The monoisotopic (exact) mass is 387 g/mol. The third-order valence-corrected chi connectivity index (χ3v) is 6.21. The van der Waals surface area contributed by atoms with E-state index < -0.39 is 10.0 Å². The molecule has 2 aromatic rings. The van der Waals surface area contributed by atoms with Crippen LogP contribution >= 0.6 is 0 Å². The van der Waals surface area contributed by atoms with Crippen molar-refractivity contribution in [1.82, 2.24) is 15.4 Å². The molecule has 2 aromatic carbocycles. The smallest absolute Gasteiger partial charge is 0.251 e. The van der Waals surface area contributed by atoms with Crippen molar-refractivity contribution in [2.24, 2.45) is 0 Å². The van der Waals surface area contributed by atoms with E-state index >= 15 is 0 Å². The highest BCUT2D eigenvalue weighted by Crippen LogP contribution is 2.13. The van der Waals surface area contributed by atoms with Crippen LogP contribution in [0.2, 0.25) is 0 Å². The number of benzene rings is 2. The largest absolute Gasteiger partial charge is 0.348 e. The predicted molar refractivity (Wildman–Crippen MR) is 105 cm³/mol. The molecule has 1 atom stereocenters. The normalized spacial score (nSPS) is 17.0. The van der Waals surface area contributed by atoms with Gasteiger partial charge in [0.2, 0.25) is 10.0 Å². The van der Waals surface area contributed by atoms with Crippen LogP contribution in [0.25, 0.3) is 0 Å². The Balaban J connectivity index is 1.65. The average Bonchev–Trinajstić information content (AvgIpc) is 3.19. The van der Waals surface area contributed by atoms with Crippen LogP contribution in [0.15, 0.2) is 53.4 Å². The number of nitrogens with one attached hydrogen (secondary N) is 3. The second-order valence-corrected chi connectivity index (χ2v) is 8.55. The second kappa shape index (κ2) is 8.65. The molecule has 3 N–H and O–H groups in total. The van der Waals surface area contributed by atoms with Gasteiger partial charge in [-0.1, -0.05) is 30.3 Å². The van der Waals surface area contributed by atoms with Gasteiger partial charge in [-0.2, -0.15) is 0 Å². The van der Waals surface area contributed by atoms with Gasteiger partial charge in [0.15, 0.2) is 0 Å². The van der Waals surface area contributed by atoms with E-state index in [0.717, 1.165) is 30.5 Å². The molecule has 0 unspecified atom stereocenters. The summed E-state index contributed by atoms with van der Waals surface area (Å²) in [5.74, 6) is -0.298. The highest BCUT2D eigenvalue weighted by molar-refractivity contribution is 7.89. The number of amides is 1. The van der Waals surface area contributed by atoms with E-state index in [2.05, 4.69) is 15.4 Å². The highest BCUT2D eigenvalue weighted by atomic mass is 32.2. The van der Waals surface area contributed by atoms with Crippen molar-refractivity contribution in [2.45, 2.75) is 37.2 Å². The Kier molecular flexibility index (Phi) is 6.26. The minimum absolute atomic E-state index is 0.101. The van der Waals surface area contributed by atoms with Crippen LogP contribution < -0.4 is 15.4 Å². The van der Waals surface area contributed by atoms with Crippen LogP contribution in [-0.2, 0) is 16.6 Å². The molecule has 1 heterocycles. The van der Waals surface area contributed by atoms with Crippen molar-refractivity contribution in [3.63, 3.8) is 0 Å². The zero-order valence-electron chi connectivity index (χ0n) is 15.4. The fourth-order valence-electron chi connectivity index (χ4n) is 3.12. The van der Waals surface area contributed by atoms with E-state index in [1.54, 1.807) is 12.1 Å². The van der Waals surface area contributed by atoms with Crippen molar-refractivity contribution in [1.29, 1.82) is 0 Å². The molecular weight excluding hydrogens is 362 g/mol. The Morgan fingerprint density at radius 3 is 2.74 bits per heavy atom. The zero-order chi connectivity index (χ0) is 19.3. The van der Waals surface area contributed by atoms with Crippen LogP contribution in [0.1, 0.15) is 34.3 Å². The van der Waals surface area contributed by atoms with Crippen molar-refractivity contribution in [3.8, 4) is 0 Å². The first-order chi connectivity index (χ1) is 13.0. The minimum atomic E-state index is -3.65. The standard InChI is InChI=1S/C20H25N3O3S/c1-15-6-2-3-7-17(15)13-22-20(24)16-8-4-10-19(12-16)27(25,26)23-14-18-9-5-11-21-18/h2-4,6-8,10,12,18,21,23H,5,9,11,13-14H2,1H3,(H,22,24)/t18-/m0/s1. The molecule has 0 saturated carbocycles. The second-order valence-electron chi connectivity index (χ2n) is 6.78. The Labute approximate surface area is 160 Å². The van der Waals surface area contributed by atoms with Gasteiger partial charge < -0.3 is 10.6 Å². The molecule has 1 aliphatic heterocycles. The number of sulfonamides is 1. The number of hydrogen-bond donors (Lipinski definition) is 3. The highest BCUT2D eigenvalue weighted by Gasteiger charge is 2.20. The Morgan fingerprint density at radius 1 is 1.19 bits per heavy atom. The summed E-state index contributed by atoms with van der Waals surface area (Å²) in [5, 5.41) is 6.10. The van der Waals surface area contributed by atoms with Crippen LogP contribution in [0.4, 0.5) is 0 Å². The summed E-state index contributed by atoms with van der Waals surface area (Å²) in [6.45, 7) is 3.66. The maximum Gasteiger partial charge on any atom is 0.251 e. The van der Waals surface area contributed by atoms with Crippen molar-refractivity contribution < 1.29 is 13.2 Å². The summed E-state index contributed by atoms with van der Waals surface area (Å²) in [6.07, 6.45) is 2.02. The summed E-state index contributed by atoms with van der Waals surface area (Å²) in [6, 6.07) is 14.1. The molecular formula is C20H25N3O3S. The number of carbonyl (C=O) groups excluding carboxylic acids is 1. The van der Waals surface area contributed by atoms with Crippen LogP contribution in [0.3, 0.4) is 0 Å². The van der Waals surface area contributed by atoms with Gasteiger partial charge in [0.25, 0.3) is 5.91 Å². The number of carbonyl (C=O) groups is 1. The van der Waals surface area contributed by atoms with Crippen LogP contribution in [0, 0.1) is 6.92 Å². The number of rotatable bonds is 7. The van der Waals surface area contributed by atoms with E-state index in [4.69, 9.17) is 0 Å². The zero-order valence-corrected chi connectivity index (χ0v) is 16.2. The molecule has 0 aliphatic carbocycles. The van der Waals surface area contributed by atoms with Gasteiger partial charge in [0.1, 0.15) is 0 Å². The van der Waals surface area contributed by atoms with E-state index in [9.17, 15) is 13.2 Å². The third kappa shape index (κ3) is 5.15. The summed E-state index contributed by atoms with van der Waals surface area (Å²) in [7, 11) is -3.65. The fourth-order valence-corrected chi connectivity index (χ4v) is 4.24. The lowest BCUT2D eigenvalue weighted by atomic mass is 10.1. The molecule has 1 fully saturated rings. The SMILES string of the molecule is Cc1ccccc1CNC(=O)c1cccc(S(=O)(=O)NC[C@@H]2CCCN2)c1. The van der Waals surface area contributed by atoms with Crippen LogP contribution in [-0.4, -0.2) is 33.5 Å². The molecule has 7 heteroatoms. The van der Waals surface area contributed by atoms with E-state index in [1.807, 2.05) is 31.2 Å². The molecule has 0 spiro atoms. The molecule has 0 bridgehead atoms. The topological polar surface area (TPSA) is 87.3 Å². The number of hydrogen-bond acceptors (Lipinski definition) is 4. The minimum Gasteiger partial charge on any atom is -0.348 e. The summed E-state index contributed by atoms with van der Waals surface area (Å²) < 4.78 is 27.7. The first-order valence-electron chi connectivity index (χ1n) is 9.11. The molecule has 0 radical (unpaired) electrons. The maximum absolute atomic E-state index is 12.5. The van der Waals surface area contributed by atoms with Gasteiger partial charge in [-0.15, -0.1) is 0 Å². The first-order valence-corrected chi connectivity index (χ1v) is 10.6. The molecule has 6 nitrogen and oxygen atoms in total. The summed E-state index contributed by atoms with van der Waals surface area (Å²) in [4.78, 5) is 12.5. The average molecular weight is 388 g/mol. The van der Waals surface area contributed by atoms with Gasteiger partial charge in [-0.25, -0.2) is 13.1 Å². The van der Waals surface area contributed by atoms with Gasteiger partial charge in [-0.05, 0) is 55.6 Å². The van der Waals surface area contributed by atoms with E-state index in [1.165, 1.54) is 12.1 Å². The fraction of sp³-hybridized carbons (Fsp3) is 0.350. The maximum atomic E-state index is 12.5. The molecule has 1 saturated heterocycles. The van der Waals surface area contributed by atoms with Crippen molar-refractivity contribution in [3.05, 3.63) is 65.2 Å². The first kappa shape index (κ1) is 19.5. The lowest BCUT2D eigenvalue weighted by molar-refractivity contribution is 0.0950. The van der Waals surface area contributed by atoms with Gasteiger partial charge >= 0.3 is 0 Å². The van der Waals surface area contributed by atoms with Gasteiger partial charge in [0, 0.05) is 24.7 Å². The van der Waals surface area contributed by atoms with E-state index in [-0.39, 0.29) is 16.8 Å². The Morgan fingerprint density at radius 2 is 2.00 bits per heavy atom. The van der Waals surface area contributed by atoms with Crippen molar-refractivity contribution >= 4 is 15.9 Å². The summed E-state index contributed by atoms with van der Waals surface area (Å²) in [5.41, 5.74) is 2.45.